The number of carbonyl (C=O) groups excluding carboxylic acids is 2. The molecule has 0 aliphatic heterocycles. The van der Waals surface area contributed by atoms with E-state index in [-0.39, 0.29) is 5.75 Å². The molecule has 2 aromatic carbocycles. The molecule has 0 amide bonds. The lowest BCUT2D eigenvalue weighted by atomic mass is 10.2. The number of esters is 1. The van der Waals surface area contributed by atoms with E-state index in [4.69, 9.17) is 14.2 Å². The number of carbonyl (C=O) groups is 2. The smallest absolute Gasteiger partial charge is 0.343 e. The Balaban J connectivity index is 2.08. The Morgan fingerprint density at radius 2 is 1.79 bits per heavy atom. The first-order valence-corrected chi connectivity index (χ1v) is 7.61. The van der Waals surface area contributed by atoms with Crippen molar-refractivity contribution in [2.24, 2.45) is 5.92 Å². The molecule has 0 atom stereocenters. The molecule has 0 unspecified atom stereocenters. The Bertz CT molecular complexity index is 704. The normalized spacial score (nSPS) is 10.3. The molecule has 0 fully saturated rings. The fourth-order valence-corrected chi connectivity index (χ4v) is 1.95. The zero-order chi connectivity index (χ0) is 17.5. The molecule has 5 nitrogen and oxygen atoms in total. The lowest BCUT2D eigenvalue weighted by Crippen LogP contribution is -2.10. The highest BCUT2D eigenvalue weighted by molar-refractivity contribution is 5.91. The van der Waals surface area contributed by atoms with Crippen LogP contribution in [-0.4, -0.2) is 26.0 Å². The van der Waals surface area contributed by atoms with Gasteiger partial charge in [0.15, 0.2) is 11.5 Å². The molecule has 24 heavy (non-hydrogen) atoms. The van der Waals surface area contributed by atoms with Gasteiger partial charge < -0.3 is 14.2 Å². The molecule has 0 saturated heterocycles. The highest BCUT2D eigenvalue weighted by Gasteiger charge is 2.13. The summed E-state index contributed by atoms with van der Waals surface area (Å²) >= 11 is 0. The van der Waals surface area contributed by atoms with Crippen LogP contribution in [0.5, 0.6) is 17.2 Å². The van der Waals surface area contributed by atoms with Crippen LogP contribution in [0.1, 0.15) is 34.6 Å². The molecule has 0 bridgehead atoms. The second-order valence-electron chi connectivity index (χ2n) is 5.65. The topological polar surface area (TPSA) is 61.8 Å². The van der Waals surface area contributed by atoms with Crippen LogP contribution in [0.25, 0.3) is 0 Å². The number of aldehydes is 1. The minimum Gasteiger partial charge on any atom is -0.493 e. The molecule has 5 heteroatoms. The van der Waals surface area contributed by atoms with Gasteiger partial charge in [0.25, 0.3) is 0 Å². The van der Waals surface area contributed by atoms with E-state index < -0.39 is 5.97 Å². The summed E-state index contributed by atoms with van der Waals surface area (Å²) in [6.07, 6.45) is 0.698. The van der Waals surface area contributed by atoms with Crippen LogP contribution < -0.4 is 14.2 Å². The molecule has 0 saturated carbocycles. The van der Waals surface area contributed by atoms with Gasteiger partial charge in [-0.1, -0.05) is 13.8 Å². The minimum atomic E-state index is -0.512. The van der Waals surface area contributed by atoms with Gasteiger partial charge in [0.2, 0.25) is 0 Å². The number of hydrogen-bond donors (Lipinski definition) is 0. The number of ether oxygens (including phenoxy) is 3. The van der Waals surface area contributed by atoms with Crippen molar-refractivity contribution in [1.82, 2.24) is 0 Å². The van der Waals surface area contributed by atoms with Crippen LogP contribution in [0.2, 0.25) is 0 Å². The van der Waals surface area contributed by atoms with Gasteiger partial charge in [-0.25, -0.2) is 4.79 Å². The maximum absolute atomic E-state index is 12.2. The second-order valence-corrected chi connectivity index (χ2v) is 5.65. The standard InChI is InChI=1S/C19H20O5/c1-13(2)12-23-16-7-5-15(6-8-16)19(21)24-17-9-4-14(11-20)10-18(17)22-3/h4-11,13H,12H2,1-3H3. The summed E-state index contributed by atoms with van der Waals surface area (Å²) in [4.78, 5) is 23.0. The first-order chi connectivity index (χ1) is 11.5. The van der Waals surface area contributed by atoms with Gasteiger partial charge in [-0.15, -0.1) is 0 Å². The Kier molecular flexibility index (Phi) is 5.95. The molecule has 0 spiro atoms. The SMILES string of the molecule is COc1cc(C=O)ccc1OC(=O)c1ccc(OCC(C)C)cc1. The van der Waals surface area contributed by atoms with Crippen LogP contribution in [0.15, 0.2) is 42.5 Å². The van der Waals surface area contributed by atoms with Crippen LogP contribution >= 0.6 is 0 Å². The van der Waals surface area contributed by atoms with Gasteiger partial charge in [-0.3, -0.25) is 4.79 Å². The summed E-state index contributed by atoms with van der Waals surface area (Å²) in [7, 11) is 1.45. The van der Waals surface area contributed by atoms with Crippen molar-refractivity contribution in [3.63, 3.8) is 0 Å². The van der Waals surface area contributed by atoms with Crippen LogP contribution in [0.4, 0.5) is 0 Å². The predicted octanol–water partition coefficient (Wildman–Crippen LogP) is 3.76. The van der Waals surface area contributed by atoms with E-state index in [0.717, 1.165) is 0 Å². The van der Waals surface area contributed by atoms with Crippen LogP contribution in [0, 0.1) is 5.92 Å². The third-order valence-electron chi connectivity index (χ3n) is 3.20. The lowest BCUT2D eigenvalue weighted by molar-refractivity contribution is 0.0729. The summed E-state index contributed by atoms with van der Waals surface area (Å²) < 4.78 is 16.1. The van der Waals surface area contributed by atoms with Crippen molar-refractivity contribution < 1.29 is 23.8 Å². The number of hydrogen-bond acceptors (Lipinski definition) is 5. The monoisotopic (exact) mass is 328 g/mol. The Morgan fingerprint density at radius 3 is 2.38 bits per heavy atom. The fraction of sp³-hybridized carbons (Fsp3) is 0.263. The van der Waals surface area contributed by atoms with E-state index in [9.17, 15) is 9.59 Å². The summed E-state index contributed by atoms with van der Waals surface area (Å²) in [5.74, 6) is 1.20. The average Bonchev–Trinajstić information content (AvgIpc) is 2.60. The molecular formula is C19H20O5. The van der Waals surface area contributed by atoms with Crippen LogP contribution in [0.3, 0.4) is 0 Å². The van der Waals surface area contributed by atoms with E-state index in [0.29, 0.717) is 41.4 Å². The maximum atomic E-state index is 12.2. The Hall–Kier alpha value is -2.82. The summed E-state index contributed by atoms with van der Waals surface area (Å²) in [6.45, 7) is 4.74. The van der Waals surface area contributed by atoms with Crippen molar-refractivity contribution in [3.8, 4) is 17.2 Å². The number of rotatable bonds is 7. The van der Waals surface area contributed by atoms with Gasteiger partial charge in [0.1, 0.15) is 12.0 Å². The molecule has 0 N–H and O–H groups in total. The molecule has 126 valence electrons. The van der Waals surface area contributed by atoms with Gasteiger partial charge in [0, 0.05) is 5.56 Å². The van der Waals surface area contributed by atoms with Gasteiger partial charge in [-0.05, 0) is 48.4 Å². The van der Waals surface area contributed by atoms with Crippen molar-refractivity contribution >= 4 is 12.3 Å². The molecule has 0 aliphatic carbocycles. The first kappa shape index (κ1) is 17.5. The molecular weight excluding hydrogens is 308 g/mol. The van der Waals surface area contributed by atoms with Gasteiger partial charge in [0.05, 0.1) is 19.3 Å². The third-order valence-corrected chi connectivity index (χ3v) is 3.20. The molecule has 0 aliphatic rings. The van der Waals surface area contributed by atoms with E-state index in [1.165, 1.54) is 19.2 Å². The molecule has 0 heterocycles. The van der Waals surface area contributed by atoms with Crippen LogP contribution in [-0.2, 0) is 0 Å². The van der Waals surface area contributed by atoms with Gasteiger partial charge >= 0.3 is 5.97 Å². The Morgan fingerprint density at radius 1 is 1.08 bits per heavy atom. The Labute approximate surface area is 141 Å². The van der Waals surface area contributed by atoms with E-state index in [2.05, 4.69) is 13.8 Å². The molecule has 2 rings (SSSR count). The third kappa shape index (κ3) is 4.59. The highest BCUT2D eigenvalue weighted by Crippen LogP contribution is 2.28. The summed E-state index contributed by atoms with van der Waals surface area (Å²) in [5, 5.41) is 0. The van der Waals surface area contributed by atoms with Crippen molar-refractivity contribution in [1.29, 1.82) is 0 Å². The van der Waals surface area contributed by atoms with Crippen molar-refractivity contribution in [3.05, 3.63) is 53.6 Å². The largest absolute Gasteiger partial charge is 0.493 e. The van der Waals surface area contributed by atoms with Crippen molar-refractivity contribution in [2.45, 2.75) is 13.8 Å². The van der Waals surface area contributed by atoms with E-state index >= 15 is 0 Å². The fourth-order valence-electron chi connectivity index (χ4n) is 1.95. The first-order valence-electron chi connectivity index (χ1n) is 7.61. The molecule has 0 aromatic heterocycles. The quantitative estimate of drug-likeness (QED) is 0.440. The molecule has 0 radical (unpaired) electrons. The molecule has 2 aromatic rings. The second kappa shape index (κ2) is 8.15. The van der Waals surface area contributed by atoms with Gasteiger partial charge in [-0.2, -0.15) is 0 Å². The number of methoxy groups -OCH3 is 1. The average molecular weight is 328 g/mol. The van der Waals surface area contributed by atoms with E-state index in [1.54, 1.807) is 30.3 Å². The maximum Gasteiger partial charge on any atom is 0.343 e. The minimum absolute atomic E-state index is 0.258. The predicted molar refractivity (Wildman–Crippen MR) is 90.1 cm³/mol. The summed E-state index contributed by atoms with van der Waals surface area (Å²) in [5.41, 5.74) is 0.840. The zero-order valence-corrected chi connectivity index (χ0v) is 13.9. The lowest BCUT2D eigenvalue weighted by Gasteiger charge is -2.11. The number of benzene rings is 2. The van der Waals surface area contributed by atoms with Crippen molar-refractivity contribution in [2.75, 3.05) is 13.7 Å². The highest BCUT2D eigenvalue weighted by atomic mass is 16.6. The summed E-state index contributed by atoms with van der Waals surface area (Å²) in [6, 6.07) is 11.3. The van der Waals surface area contributed by atoms with E-state index in [1.807, 2.05) is 0 Å². The zero-order valence-electron chi connectivity index (χ0n) is 13.9.